The highest BCUT2D eigenvalue weighted by Gasteiger charge is 2.23. The first kappa shape index (κ1) is 34.7. The SMILES string of the molecule is Cc1ccccc1N(C)C(=O)COc1cccc(N(CC(=O)N(C)c2ccccc2)C(=O)CNC(=O)Nc2cccc(CC(=O)O)c2)c1. The Balaban J connectivity index is 1.47. The van der Waals surface area contributed by atoms with Gasteiger partial charge in [0.2, 0.25) is 11.8 Å². The average molecular weight is 652 g/mol. The summed E-state index contributed by atoms with van der Waals surface area (Å²) in [6.07, 6.45) is -0.212. The summed E-state index contributed by atoms with van der Waals surface area (Å²) in [7, 11) is 3.26. The zero-order valence-electron chi connectivity index (χ0n) is 26.9. The Morgan fingerprint density at radius 1 is 0.729 bits per heavy atom. The maximum Gasteiger partial charge on any atom is 0.319 e. The fourth-order valence-corrected chi connectivity index (χ4v) is 4.78. The zero-order chi connectivity index (χ0) is 34.6. The molecule has 0 aliphatic carbocycles. The number of likely N-dealkylation sites (N-methyl/N-ethyl adjacent to an activating group) is 2. The molecule has 4 aromatic carbocycles. The van der Waals surface area contributed by atoms with E-state index in [0.29, 0.717) is 28.4 Å². The van der Waals surface area contributed by atoms with Gasteiger partial charge in [-0.25, -0.2) is 4.79 Å². The smallest absolute Gasteiger partial charge is 0.319 e. The second-order valence-electron chi connectivity index (χ2n) is 10.9. The molecule has 4 rings (SSSR count). The van der Waals surface area contributed by atoms with Gasteiger partial charge in [0.1, 0.15) is 12.3 Å². The summed E-state index contributed by atoms with van der Waals surface area (Å²) in [5, 5.41) is 14.1. The van der Waals surface area contributed by atoms with Crippen LogP contribution in [0.15, 0.2) is 103 Å². The molecule has 0 saturated heterocycles. The molecule has 12 nitrogen and oxygen atoms in total. The van der Waals surface area contributed by atoms with Crippen molar-refractivity contribution < 1.29 is 33.8 Å². The summed E-state index contributed by atoms with van der Waals surface area (Å²) >= 11 is 0. The highest BCUT2D eigenvalue weighted by atomic mass is 16.5. The van der Waals surface area contributed by atoms with E-state index in [2.05, 4.69) is 10.6 Å². The first-order chi connectivity index (χ1) is 23.0. The van der Waals surface area contributed by atoms with E-state index in [9.17, 15) is 24.0 Å². The van der Waals surface area contributed by atoms with Gasteiger partial charge in [0.25, 0.3) is 5.91 Å². The molecule has 0 aromatic heterocycles. The Labute approximate surface area is 278 Å². The summed E-state index contributed by atoms with van der Waals surface area (Å²) < 4.78 is 5.80. The van der Waals surface area contributed by atoms with Gasteiger partial charge < -0.3 is 35.2 Å². The molecule has 0 aliphatic heterocycles. The summed E-state index contributed by atoms with van der Waals surface area (Å²) in [6, 6.07) is 28.5. The second kappa shape index (κ2) is 16.4. The van der Waals surface area contributed by atoms with Gasteiger partial charge in [-0.2, -0.15) is 0 Å². The number of nitrogens with zero attached hydrogens (tertiary/aromatic N) is 3. The van der Waals surface area contributed by atoms with Crippen LogP contribution in [0.4, 0.5) is 27.5 Å². The molecule has 5 amide bonds. The molecule has 48 heavy (non-hydrogen) atoms. The maximum atomic E-state index is 13.6. The third-order valence-electron chi connectivity index (χ3n) is 7.39. The lowest BCUT2D eigenvalue weighted by Gasteiger charge is -2.26. The number of urea groups is 1. The van der Waals surface area contributed by atoms with Crippen molar-refractivity contribution in [3.05, 3.63) is 114 Å². The Kier molecular flexibility index (Phi) is 11.9. The van der Waals surface area contributed by atoms with Crippen molar-refractivity contribution in [2.75, 3.05) is 53.8 Å². The van der Waals surface area contributed by atoms with Crippen molar-refractivity contribution in [1.82, 2.24) is 5.32 Å². The Bertz CT molecular complexity index is 1780. The fraction of sp³-hybridized carbons (Fsp3) is 0.194. The predicted octanol–water partition coefficient (Wildman–Crippen LogP) is 4.48. The normalized spacial score (nSPS) is 10.4. The molecule has 0 atom stereocenters. The maximum absolute atomic E-state index is 13.6. The van der Waals surface area contributed by atoms with Crippen LogP contribution in [0.3, 0.4) is 0 Å². The van der Waals surface area contributed by atoms with Crippen molar-refractivity contribution >= 4 is 52.5 Å². The summed E-state index contributed by atoms with van der Waals surface area (Å²) in [5.74, 6) is -1.98. The number of carboxylic acids is 1. The quantitative estimate of drug-likeness (QED) is 0.193. The topological polar surface area (TPSA) is 149 Å². The second-order valence-corrected chi connectivity index (χ2v) is 10.9. The number of benzene rings is 4. The van der Waals surface area contributed by atoms with E-state index in [0.717, 1.165) is 11.3 Å². The number of nitrogens with one attached hydrogen (secondary N) is 2. The number of amides is 5. The third-order valence-corrected chi connectivity index (χ3v) is 7.39. The van der Waals surface area contributed by atoms with Crippen LogP contribution in [0.1, 0.15) is 11.1 Å². The highest BCUT2D eigenvalue weighted by Crippen LogP contribution is 2.23. The lowest BCUT2D eigenvalue weighted by molar-refractivity contribution is -0.136. The number of carboxylic acid groups (broad SMARTS) is 1. The molecule has 0 saturated carbocycles. The van der Waals surface area contributed by atoms with Crippen LogP contribution in [0.2, 0.25) is 0 Å². The van der Waals surface area contributed by atoms with Crippen LogP contribution < -0.4 is 30.1 Å². The molecular weight excluding hydrogens is 614 g/mol. The third kappa shape index (κ3) is 9.66. The van der Waals surface area contributed by atoms with Crippen molar-refractivity contribution in [2.45, 2.75) is 13.3 Å². The van der Waals surface area contributed by atoms with E-state index in [-0.39, 0.29) is 25.5 Å². The summed E-state index contributed by atoms with van der Waals surface area (Å²) in [6.45, 7) is 0.814. The number of aryl methyl sites for hydroxylation is 1. The Morgan fingerprint density at radius 2 is 1.42 bits per heavy atom. The van der Waals surface area contributed by atoms with Crippen molar-refractivity contribution in [2.24, 2.45) is 0 Å². The van der Waals surface area contributed by atoms with Crippen LogP contribution in [0, 0.1) is 6.92 Å². The lowest BCUT2D eigenvalue weighted by Crippen LogP contribution is -2.46. The molecule has 0 fully saturated rings. The number of hydrogen-bond donors (Lipinski definition) is 3. The first-order valence-electron chi connectivity index (χ1n) is 15.0. The molecule has 248 valence electrons. The van der Waals surface area contributed by atoms with Gasteiger partial charge in [0.15, 0.2) is 6.61 Å². The minimum Gasteiger partial charge on any atom is -0.484 e. The van der Waals surface area contributed by atoms with E-state index < -0.39 is 30.4 Å². The molecule has 0 bridgehead atoms. The minimum absolute atomic E-state index is 0.212. The molecule has 0 radical (unpaired) electrons. The number of aliphatic carboxylic acids is 1. The predicted molar refractivity (Wildman–Crippen MR) is 184 cm³/mol. The Hall–Kier alpha value is -6.17. The zero-order valence-corrected chi connectivity index (χ0v) is 26.9. The number of carbonyl (C=O) groups excluding carboxylic acids is 4. The molecule has 0 heterocycles. The van der Waals surface area contributed by atoms with Gasteiger partial charge in [-0.15, -0.1) is 0 Å². The molecule has 3 N–H and O–H groups in total. The molecule has 0 spiro atoms. The van der Waals surface area contributed by atoms with Crippen LogP contribution in [-0.2, 0) is 25.6 Å². The van der Waals surface area contributed by atoms with Crippen LogP contribution in [-0.4, -0.2) is 68.6 Å². The largest absolute Gasteiger partial charge is 0.484 e. The molecule has 12 heteroatoms. The van der Waals surface area contributed by atoms with Gasteiger partial charge in [-0.1, -0.05) is 54.6 Å². The monoisotopic (exact) mass is 651 g/mol. The first-order valence-corrected chi connectivity index (χ1v) is 15.0. The highest BCUT2D eigenvalue weighted by molar-refractivity contribution is 6.05. The standard InChI is InChI=1S/C36H37N5O7/c1-25-11-7-8-18-31(25)40(3)34(44)24-48-30-17-10-16-29(21-30)41(23-33(43)39(2)28-14-5-4-6-15-28)32(42)22-37-36(47)38-27-13-9-12-26(19-27)20-35(45)46/h4-19,21H,20,22-24H2,1-3H3,(H,45,46)(H2,37,38,47). The van der Waals surface area contributed by atoms with Crippen LogP contribution in [0.5, 0.6) is 5.75 Å². The van der Waals surface area contributed by atoms with Gasteiger partial charge in [0, 0.05) is 42.9 Å². The van der Waals surface area contributed by atoms with Gasteiger partial charge in [0.05, 0.1) is 13.0 Å². The minimum atomic E-state index is -1.01. The number of hydrogen-bond acceptors (Lipinski definition) is 6. The molecular formula is C36H37N5O7. The van der Waals surface area contributed by atoms with E-state index in [1.54, 1.807) is 80.8 Å². The number of carbonyl (C=O) groups is 5. The van der Waals surface area contributed by atoms with Crippen LogP contribution >= 0.6 is 0 Å². The summed E-state index contributed by atoms with van der Waals surface area (Å²) in [5.41, 5.74) is 3.48. The number of para-hydroxylation sites is 2. The number of ether oxygens (including phenoxy) is 1. The fourth-order valence-electron chi connectivity index (χ4n) is 4.78. The van der Waals surface area contributed by atoms with Crippen molar-refractivity contribution in [3.63, 3.8) is 0 Å². The van der Waals surface area contributed by atoms with Crippen molar-refractivity contribution in [1.29, 1.82) is 0 Å². The molecule has 4 aromatic rings. The number of rotatable bonds is 13. The molecule has 0 aliphatic rings. The number of anilines is 4. The van der Waals surface area contributed by atoms with Crippen molar-refractivity contribution in [3.8, 4) is 5.75 Å². The van der Waals surface area contributed by atoms with Gasteiger partial charge in [-0.05, 0) is 60.5 Å². The van der Waals surface area contributed by atoms with E-state index in [4.69, 9.17) is 9.84 Å². The Morgan fingerprint density at radius 3 is 2.15 bits per heavy atom. The van der Waals surface area contributed by atoms with Gasteiger partial charge in [-0.3, -0.25) is 19.2 Å². The summed E-state index contributed by atoms with van der Waals surface area (Å²) in [4.78, 5) is 67.7. The molecule has 0 unspecified atom stereocenters. The van der Waals surface area contributed by atoms with Crippen LogP contribution in [0.25, 0.3) is 0 Å². The van der Waals surface area contributed by atoms with E-state index in [1.807, 2.05) is 37.3 Å². The van der Waals surface area contributed by atoms with Gasteiger partial charge >= 0.3 is 12.0 Å². The van der Waals surface area contributed by atoms with E-state index >= 15 is 0 Å². The lowest BCUT2D eigenvalue weighted by atomic mass is 10.1. The van der Waals surface area contributed by atoms with E-state index in [1.165, 1.54) is 20.8 Å². The average Bonchev–Trinajstić information content (AvgIpc) is 3.08.